The summed E-state index contributed by atoms with van der Waals surface area (Å²) in [7, 11) is 0. The number of piperidine rings is 1. The van der Waals surface area contributed by atoms with E-state index in [1.165, 1.54) is 19.3 Å². The molecule has 0 radical (unpaired) electrons. The van der Waals surface area contributed by atoms with Crippen molar-refractivity contribution < 1.29 is 18.8 Å². The molecule has 0 spiro atoms. The predicted octanol–water partition coefficient (Wildman–Crippen LogP) is 2.31. The lowest BCUT2D eigenvalue weighted by Gasteiger charge is -2.31. The molecule has 7 nitrogen and oxygen atoms in total. The Hall–Kier alpha value is -1.47. The van der Waals surface area contributed by atoms with Crippen LogP contribution < -0.4 is 0 Å². The Labute approximate surface area is 154 Å². The summed E-state index contributed by atoms with van der Waals surface area (Å²) in [4.78, 5) is 18.7. The summed E-state index contributed by atoms with van der Waals surface area (Å²) in [5.41, 5.74) is 0. The van der Waals surface area contributed by atoms with Crippen LogP contribution in [0, 0.1) is 5.92 Å². The Morgan fingerprint density at radius 2 is 2.00 bits per heavy atom. The zero-order chi connectivity index (χ0) is 17.8. The molecule has 1 aliphatic carbocycles. The van der Waals surface area contributed by atoms with Gasteiger partial charge in [-0.25, -0.2) is 0 Å². The zero-order valence-electron chi connectivity index (χ0n) is 15.4. The van der Waals surface area contributed by atoms with Crippen molar-refractivity contribution in [1.29, 1.82) is 0 Å². The fourth-order valence-corrected chi connectivity index (χ4v) is 3.80. The number of rotatable bonds is 7. The first-order chi connectivity index (χ1) is 12.8. The third kappa shape index (κ3) is 4.82. The molecule has 26 heavy (non-hydrogen) atoms. The van der Waals surface area contributed by atoms with E-state index in [1.807, 2.05) is 4.90 Å². The first kappa shape index (κ1) is 17.9. The van der Waals surface area contributed by atoms with E-state index in [-0.39, 0.29) is 18.6 Å². The normalized spacial score (nSPS) is 24.8. The molecular weight excluding hydrogens is 334 g/mol. The maximum absolute atomic E-state index is 12.3. The van der Waals surface area contributed by atoms with Crippen LogP contribution in [-0.4, -0.2) is 60.0 Å². The van der Waals surface area contributed by atoms with E-state index in [0.29, 0.717) is 18.4 Å². The van der Waals surface area contributed by atoms with Crippen molar-refractivity contribution in [3.8, 4) is 0 Å². The average molecular weight is 363 g/mol. The van der Waals surface area contributed by atoms with E-state index >= 15 is 0 Å². The Balaban J connectivity index is 1.14. The predicted molar refractivity (Wildman–Crippen MR) is 93.7 cm³/mol. The highest BCUT2D eigenvalue weighted by atomic mass is 16.5. The van der Waals surface area contributed by atoms with Crippen LogP contribution in [0.15, 0.2) is 4.52 Å². The van der Waals surface area contributed by atoms with E-state index in [1.54, 1.807) is 0 Å². The summed E-state index contributed by atoms with van der Waals surface area (Å²) in [6, 6.07) is 0. The molecule has 1 aromatic heterocycles. The second-order valence-corrected chi connectivity index (χ2v) is 7.86. The highest BCUT2D eigenvalue weighted by Crippen LogP contribution is 2.39. The molecule has 144 valence electrons. The first-order valence-electron chi connectivity index (χ1n) is 10.1. The van der Waals surface area contributed by atoms with E-state index in [0.717, 1.165) is 63.5 Å². The lowest BCUT2D eigenvalue weighted by molar-refractivity contribution is -0.139. The molecule has 0 bridgehead atoms. The smallest absolute Gasteiger partial charge is 0.248 e. The number of hydrogen-bond acceptors (Lipinski definition) is 6. The molecule has 3 heterocycles. The van der Waals surface area contributed by atoms with Crippen LogP contribution in [0.3, 0.4) is 0 Å². The van der Waals surface area contributed by atoms with Crippen LogP contribution in [0.1, 0.15) is 62.6 Å². The molecule has 1 saturated carbocycles. The fourth-order valence-electron chi connectivity index (χ4n) is 3.80. The van der Waals surface area contributed by atoms with Gasteiger partial charge in [0.15, 0.2) is 5.82 Å². The van der Waals surface area contributed by atoms with Crippen LogP contribution in [0.4, 0.5) is 0 Å². The molecule has 3 aliphatic rings. The van der Waals surface area contributed by atoms with E-state index in [2.05, 4.69) is 10.1 Å². The Morgan fingerprint density at radius 1 is 1.15 bits per heavy atom. The van der Waals surface area contributed by atoms with Crippen LogP contribution in [0.2, 0.25) is 0 Å². The second-order valence-electron chi connectivity index (χ2n) is 7.86. The summed E-state index contributed by atoms with van der Waals surface area (Å²) in [6.45, 7) is 3.10. The molecule has 0 N–H and O–H groups in total. The molecule has 1 unspecified atom stereocenters. The molecule has 1 aromatic rings. The van der Waals surface area contributed by atoms with Gasteiger partial charge in [0.25, 0.3) is 0 Å². The zero-order valence-corrected chi connectivity index (χ0v) is 15.4. The summed E-state index contributed by atoms with van der Waals surface area (Å²) >= 11 is 0. The first-order valence-corrected chi connectivity index (χ1v) is 10.1. The molecule has 2 aliphatic heterocycles. The van der Waals surface area contributed by atoms with Crippen LogP contribution >= 0.6 is 0 Å². The fraction of sp³-hybridized carbons (Fsp3) is 0.842. The largest absolute Gasteiger partial charge is 0.376 e. The topological polar surface area (TPSA) is 77.7 Å². The highest BCUT2D eigenvalue weighted by Gasteiger charge is 2.30. The quantitative estimate of drug-likeness (QED) is 0.740. The lowest BCUT2D eigenvalue weighted by Crippen LogP contribution is -2.41. The molecule has 7 heteroatoms. The maximum Gasteiger partial charge on any atom is 0.248 e. The minimum Gasteiger partial charge on any atom is -0.376 e. The van der Waals surface area contributed by atoms with Gasteiger partial charge in [-0.2, -0.15) is 4.98 Å². The van der Waals surface area contributed by atoms with Crippen LogP contribution in [-0.2, 0) is 20.7 Å². The maximum atomic E-state index is 12.3. The molecule has 3 fully saturated rings. The standard InChI is InChI=1S/C19H29N3O4/c23-18(13-24-12-16-3-1-2-10-25-16)22-8-6-14(7-9-22)11-17-20-19(26-21-17)15-4-5-15/h14-16H,1-13H2. The van der Waals surface area contributed by atoms with Gasteiger partial charge >= 0.3 is 0 Å². The van der Waals surface area contributed by atoms with Gasteiger partial charge in [-0.05, 0) is 50.9 Å². The number of nitrogens with zero attached hydrogens (tertiary/aromatic N) is 3. The van der Waals surface area contributed by atoms with Crippen LogP contribution in [0.25, 0.3) is 0 Å². The molecule has 2 saturated heterocycles. The van der Waals surface area contributed by atoms with Crippen molar-refractivity contribution in [3.05, 3.63) is 11.7 Å². The summed E-state index contributed by atoms with van der Waals surface area (Å²) in [5, 5.41) is 4.11. The third-order valence-electron chi connectivity index (χ3n) is 5.65. The van der Waals surface area contributed by atoms with Gasteiger partial charge < -0.3 is 18.9 Å². The van der Waals surface area contributed by atoms with Crippen molar-refractivity contribution >= 4 is 5.91 Å². The molecule has 1 atom stereocenters. The minimum absolute atomic E-state index is 0.0924. The number of likely N-dealkylation sites (tertiary alicyclic amines) is 1. The monoisotopic (exact) mass is 363 g/mol. The number of amides is 1. The molecule has 4 rings (SSSR count). The summed E-state index contributed by atoms with van der Waals surface area (Å²) in [6.07, 6.45) is 8.72. The number of carbonyl (C=O) groups excluding carboxylic acids is 1. The van der Waals surface area contributed by atoms with Crippen molar-refractivity contribution in [1.82, 2.24) is 15.0 Å². The average Bonchev–Trinajstić information content (AvgIpc) is 3.43. The van der Waals surface area contributed by atoms with Gasteiger partial charge in [-0.3, -0.25) is 4.79 Å². The number of aromatic nitrogens is 2. The number of ether oxygens (including phenoxy) is 2. The Bertz CT molecular complexity index is 587. The molecule has 0 aromatic carbocycles. The van der Waals surface area contributed by atoms with E-state index in [9.17, 15) is 4.79 Å². The van der Waals surface area contributed by atoms with Gasteiger partial charge in [-0.1, -0.05) is 5.16 Å². The van der Waals surface area contributed by atoms with Gasteiger partial charge in [0.05, 0.1) is 12.7 Å². The van der Waals surface area contributed by atoms with Gasteiger partial charge in [-0.15, -0.1) is 0 Å². The number of hydrogen-bond donors (Lipinski definition) is 0. The second kappa shape index (κ2) is 8.48. The van der Waals surface area contributed by atoms with Gasteiger partial charge in [0.2, 0.25) is 11.8 Å². The van der Waals surface area contributed by atoms with Crippen molar-refractivity contribution in [2.75, 3.05) is 32.9 Å². The SMILES string of the molecule is O=C(COCC1CCCCO1)N1CCC(Cc2noc(C3CC3)n2)CC1. The molecule has 1 amide bonds. The minimum atomic E-state index is 0.0924. The molecular formula is C19H29N3O4. The van der Waals surface area contributed by atoms with Crippen molar-refractivity contribution in [2.45, 2.75) is 63.4 Å². The van der Waals surface area contributed by atoms with Crippen molar-refractivity contribution in [2.24, 2.45) is 5.92 Å². The highest BCUT2D eigenvalue weighted by molar-refractivity contribution is 5.77. The Morgan fingerprint density at radius 3 is 2.73 bits per heavy atom. The number of carbonyl (C=O) groups is 1. The van der Waals surface area contributed by atoms with Crippen LogP contribution in [0.5, 0.6) is 0 Å². The third-order valence-corrected chi connectivity index (χ3v) is 5.65. The lowest BCUT2D eigenvalue weighted by atomic mass is 9.93. The Kier molecular flexibility index (Phi) is 5.84. The van der Waals surface area contributed by atoms with E-state index in [4.69, 9.17) is 14.0 Å². The van der Waals surface area contributed by atoms with Gasteiger partial charge in [0, 0.05) is 32.0 Å². The summed E-state index contributed by atoms with van der Waals surface area (Å²) in [5.74, 6) is 2.77. The summed E-state index contributed by atoms with van der Waals surface area (Å²) < 4.78 is 16.6. The van der Waals surface area contributed by atoms with E-state index < -0.39 is 0 Å². The van der Waals surface area contributed by atoms with Gasteiger partial charge in [0.1, 0.15) is 6.61 Å². The van der Waals surface area contributed by atoms with Crippen molar-refractivity contribution in [3.63, 3.8) is 0 Å².